The Labute approximate surface area is 136 Å². The molecule has 0 bridgehead atoms. The molecule has 128 valence electrons. The number of halogens is 3. The third kappa shape index (κ3) is 4.26. The lowest BCUT2D eigenvalue weighted by molar-refractivity contribution is 0.0816. The van der Waals surface area contributed by atoms with Gasteiger partial charge in [0.25, 0.3) is 5.91 Å². The van der Waals surface area contributed by atoms with Crippen LogP contribution in [0.1, 0.15) is 22.8 Å². The molecule has 1 atom stereocenters. The van der Waals surface area contributed by atoms with Crippen LogP contribution in [-0.2, 0) is 11.3 Å². The maximum absolute atomic E-state index is 13.7. The fraction of sp³-hybridized carbons (Fsp3) is 0.235. The van der Waals surface area contributed by atoms with Gasteiger partial charge >= 0.3 is 0 Å². The first-order chi connectivity index (χ1) is 11.4. The molecule has 2 N–H and O–H groups in total. The fourth-order valence-corrected chi connectivity index (χ4v) is 2.03. The van der Waals surface area contributed by atoms with Crippen LogP contribution in [0.3, 0.4) is 0 Å². The molecule has 4 nitrogen and oxygen atoms in total. The third-order valence-electron chi connectivity index (χ3n) is 3.23. The van der Waals surface area contributed by atoms with Crippen molar-refractivity contribution < 1.29 is 27.8 Å². The summed E-state index contributed by atoms with van der Waals surface area (Å²) in [5.41, 5.74) is 0.175. The fourth-order valence-electron chi connectivity index (χ4n) is 2.03. The highest BCUT2D eigenvalue weighted by Gasteiger charge is 2.23. The van der Waals surface area contributed by atoms with Crippen LogP contribution < -0.4 is 5.32 Å². The lowest BCUT2D eigenvalue weighted by Gasteiger charge is -2.15. The molecular formula is C17H16F3NO3. The van der Waals surface area contributed by atoms with Gasteiger partial charge in [0, 0.05) is 6.04 Å². The molecule has 7 heteroatoms. The van der Waals surface area contributed by atoms with Crippen LogP contribution in [0.5, 0.6) is 5.75 Å². The van der Waals surface area contributed by atoms with Crippen molar-refractivity contribution in [1.29, 1.82) is 0 Å². The summed E-state index contributed by atoms with van der Waals surface area (Å²) in [6.45, 7) is 2.08. The molecule has 2 aromatic carbocycles. The van der Waals surface area contributed by atoms with Gasteiger partial charge in [-0.05, 0) is 18.6 Å². The van der Waals surface area contributed by atoms with Crippen LogP contribution in [0.4, 0.5) is 13.2 Å². The molecule has 0 aliphatic heterocycles. The molecule has 0 radical (unpaired) electrons. The minimum atomic E-state index is -1.73. The molecule has 0 aliphatic carbocycles. The summed E-state index contributed by atoms with van der Waals surface area (Å²) in [7, 11) is 0. The highest BCUT2D eigenvalue weighted by atomic mass is 19.2. The Morgan fingerprint density at radius 2 is 1.88 bits per heavy atom. The van der Waals surface area contributed by atoms with E-state index in [9.17, 15) is 18.0 Å². The Hall–Kier alpha value is -2.54. The number of aromatic hydroxyl groups is 1. The van der Waals surface area contributed by atoms with E-state index in [0.29, 0.717) is 12.7 Å². The van der Waals surface area contributed by atoms with Crippen molar-refractivity contribution in [3.63, 3.8) is 0 Å². The molecule has 0 saturated heterocycles. The summed E-state index contributed by atoms with van der Waals surface area (Å²) < 4.78 is 45.3. The first kappa shape index (κ1) is 17.8. The van der Waals surface area contributed by atoms with Crippen molar-refractivity contribution >= 4 is 5.91 Å². The lowest BCUT2D eigenvalue weighted by Crippen LogP contribution is -2.36. The molecule has 2 rings (SSSR count). The molecule has 0 spiro atoms. The van der Waals surface area contributed by atoms with Crippen molar-refractivity contribution in [3.05, 3.63) is 65.0 Å². The van der Waals surface area contributed by atoms with E-state index in [1.807, 2.05) is 30.3 Å². The Morgan fingerprint density at radius 1 is 1.21 bits per heavy atom. The zero-order valence-electron chi connectivity index (χ0n) is 12.9. The smallest absolute Gasteiger partial charge is 0.254 e. The van der Waals surface area contributed by atoms with E-state index in [1.165, 1.54) is 0 Å². The summed E-state index contributed by atoms with van der Waals surface area (Å²) in [6, 6.07) is 9.25. The number of rotatable bonds is 6. The lowest BCUT2D eigenvalue weighted by atomic mass is 10.1. The second-order valence-electron chi connectivity index (χ2n) is 5.26. The number of hydrogen-bond donors (Lipinski definition) is 2. The van der Waals surface area contributed by atoms with E-state index in [1.54, 1.807) is 6.92 Å². The van der Waals surface area contributed by atoms with Crippen LogP contribution >= 0.6 is 0 Å². The molecule has 0 fully saturated rings. The van der Waals surface area contributed by atoms with Crippen molar-refractivity contribution in [2.75, 3.05) is 6.61 Å². The number of nitrogens with one attached hydrogen (secondary N) is 1. The van der Waals surface area contributed by atoms with Gasteiger partial charge in [-0.2, -0.15) is 4.39 Å². The third-order valence-corrected chi connectivity index (χ3v) is 3.23. The minimum absolute atomic E-state index is 0.137. The SMILES string of the molecule is C[C@H](COCc1ccccc1)NC(=O)c1cc(F)c(F)c(O)c1F. The maximum atomic E-state index is 13.7. The average molecular weight is 339 g/mol. The Bertz CT molecular complexity index is 723. The Balaban J connectivity index is 1.92. The second-order valence-corrected chi connectivity index (χ2v) is 5.26. The van der Waals surface area contributed by atoms with Gasteiger partial charge in [0.05, 0.1) is 18.8 Å². The van der Waals surface area contributed by atoms with Gasteiger partial charge in [-0.25, -0.2) is 8.78 Å². The molecule has 0 unspecified atom stereocenters. The molecular weight excluding hydrogens is 323 g/mol. The molecule has 0 saturated carbocycles. The summed E-state index contributed by atoms with van der Waals surface area (Å²) in [5, 5.41) is 11.5. The van der Waals surface area contributed by atoms with Gasteiger partial charge in [0.15, 0.2) is 17.4 Å². The number of carbonyl (C=O) groups is 1. The number of carbonyl (C=O) groups excluding carboxylic acids is 1. The highest BCUT2D eigenvalue weighted by molar-refractivity contribution is 5.95. The molecule has 0 aliphatic rings. The Morgan fingerprint density at radius 3 is 2.54 bits per heavy atom. The molecule has 0 aromatic heterocycles. The molecule has 24 heavy (non-hydrogen) atoms. The van der Waals surface area contributed by atoms with Crippen molar-refractivity contribution in [1.82, 2.24) is 5.32 Å². The first-order valence-corrected chi connectivity index (χ1v) is 7.19. The van der Waals surface area contributed by atoms with Crippen molar-refractivity contribution in [2.24, 2.45) is 0 Å². The predicted molar refractivity (Wildman–Crippen MR) is 81.0 cm³/mol. The van der Waals surface area contributed by atoms with Gasteiger partial charge in [-0.1, -0.05) is 30.3 Å². The number of phenols is 1. The molecule has 2 aromatic rings. The first-order valence-electron chi connectivity index (χ1n) is 7.19. The zero-order valence-corrected chi connectivity index (χ0v) is 12.9. The average Bonchev–Trinajstić information content (AvgIpc) is 2.57. The van der Waals surface area contributed by atoms with E-state index in [2.05, 4.69) is 5.32 Å². The number of benzene rings is 2. The van der Waals surface area contributed by atoms with Crippen LogP contribution in [0.2, 0.25) is 0 Å². The number of phenolic OH excluding ortho intramolecular Hbond substituents is 1. The van der Waals surface area contributed by atoms with E-state index < -0.39 is 40.7 Å². The van der Waals surface area contributed by atoms with Crippen LogP contribution in [-0.4, -0.2) is 23.7 Å². The largest absolute Gasteiger partial charge is 0.503 e. The maximum Gasteiger partial charge on any atom is 0.254 e. The number of hydrogen-bond acceptors (Lipinski definition) is 3. The zero-order chi connectivity index (χ0) is 17.7. The van der Waals surface area contributed by atoms with Crippen LogP contribution in [0.15, 0.2) is 36.4 Å². The predicted octanol–water partition coefficient (Wildman–Crippen LogP) is 3.14. The van der Waals surface area contributed by atoms with Gasteiger partial charge in [0.2, 0.25) is 5.82 Å². The van der Waals surface area contributed by atoms with E-state index in [4.69, 9.17) is 9.84 Å². The summed E-state index contributed by atoms with van der Waals surface area (Å²) in [5.74, 6) is -7.25. The van der Waals surface area contributed by atoms with Gasteiger partial charge in [-0.15, -0.1) is 0 Å². The van der Waals surface area contributed by atoms with Gasteiger partial charge < -0.3 is 15.2 Å². The van der Waals surface area contributed by atoms with E-state index >= 15 is 0 Å². The topological polar surface area (TPSA) is 58.6 Å². The number of amides is 1. The van der Waals surface area contributed by atoms with Crippen molar-refractivity contribution in [3.8, 4) is 5.75 Å². The Kier molecular flexibility index (Phi) is 5.81. The normalized spacial score (nSPS) is 12.0. The minimum Gasteiger partial charge on any atom is -0.503 e. The van der Waals surface area contributed by atoms with E-state index in [0.717, 1.165) is 5.56 Å². The van der Waals surface area contributed by atoms with Crippen LogP contribution in [0, 0.1) is 17.5 Å². The summed E-state index contributed by atoms with van der Waals surface area (Å²) in [6.07, 6.45) is 0. The van der Waals surface area contributed by atoms with Crippen molar-refractivity contribution in [2.45, 2.75) is 19.6 Å². The number of ether oxygens (including phenoxy) is 1. The van der Waals surface area contributed by atoms with Crippen LogP contribution in [0.25, 0.3) is 0 Å². The van der Waals surface area contributed by atoms with E-state index in [-0.39, 0.29) is 6.61 Å². The summed E-state index contributed by atoms with van der Waals surface area (Å²) >= 11 is 0. The molecule has 1 amide bonds. The standard InChI is InChI=1S/C17H16F3NO3/c1-10(8-24-9-11-5-3-2-4-6-11)21-17(23)12-7-13(18)15(20)16(22)14(12)19/h2-7,10,22H,8-9H2,1H3,(H,21,23)/t10-/m1/s1. The van der Waals surface area contributed by atoms with Gasteiger partial charge in [0.1, 0.15) is 0 Å². The monoisotopic (exact) mass is 339 g/mol. The van der Waals surface area contributed by atoms with Gasteiger partial charge in [-0.3, -0.25) is 4.79 Å². The quantitative estimate of drug-likeness (QED) is 0.795. The molecule has 0 heterocycles. The highest BCUT2D eigenvalue weighted by Crippen LogP contribution is 2.25. The second kappa shape index (κ2) is 7.83. The summed E-state index contributed by atoms with van der Waals surface area (Å²) in [4.78, 5) is 11.9.